The predicted molar refractivity (Wildman–Crippen MR) is 101 cm³/mol. The van der Waals surface area contributed by atoms with Crippen LogP contribution in [0.1, 0.15) is 57.7 Å². The largest absolute Gasteiger partial charge is 0.443 e. The molecule has 0 fully saturated rings. The smallest absolute Gasteiger partial charge is 0.416 e. The van der Waals surface area contributed by atoms with Gasteiger partial charge in [-0.25, -0.2) is 9.78 Å². The molecule has 0 radical (unpaired) electrons. The average Bonchev–Trinajstić information content (AvgIpc) is 2.59. The van der Waals surface area contributed by atoms with Gasteiger partial charge in [0.15, 0.2) is 0 Å². The van der Waals surface area contributed by atoms with E-state index in [1.807, 2.05) is 26.8 Å². The summed E-state index contributed by atoms with van der Waals surface area (Å²) >= 11 is 0. The monoisotopic (exact) mass is 364 g/mol. The van der Waals surface area contributed by atoms with Crippen molar-refractivity contribution in [2.45, 2.75) is 64.9 Å². The van der Waals surface area contributed by atoms with Crippen molar-refractivity contribution in [1.82, 2.24) is 4.98 Å². The van der Waals surface area contributed by atoms with Gasteiger partial charge in [-0.15, -0.1) is 0 Å². The molecule has 0 saturated heterocycles. The van der Waals surface area contributed by atoms with Crippen molar-refractivity contribution in [3.63, 3.8) is 0 Å². The van der Waals surface area contributed by atoms with Crippen molar-refractivity contribution in [2.24, 2.45) is 5.92 Å². The van der Waals surface area contributed by atoms with Crippen LogP contribution < -0.4 is 4.90 Å². The molecule has 2 N–H and O–H groups in total. The molecule has 0 spiro atoms. The standard InChI is InChI=1S/C20H32N2O4/c1-20(2,3)26-19(25)22-12-6-8-16-10-11-17(21-18(16)22)9-5-4-7-15(13-23)14-24/h10-11,15,23-24H,4-9,12-14H2,1-3H3. The quantitative estimate of drug-likeness (QED) is 0.727. The van der Waals surface area contributed by atoms with E-state index in [9.17, 15) is 4.79 Å². The summed E-state index contributed by atoms with van der Waals surface area (Å²) in [6.07, 6.45) is 5.00. The van der Waals surface area contributed by atoms with Crippen molar-refractivity contribution >= 4 is 11.9 Å². The highest BCUT2D eigenvalue weighted by Crippen LogP contribution is 2.27. The molecule has 1 amide bonds. The maximum Gasteiger partial charge on any atom is 0.416 e. The van der Waals surface area contributed by atoms with Gasteiger partial charge in [0.05, 0.1) is 0 Å². The number of aryl methyl sites for hydroxylation is 2. The zero-order chi connectivity index (χ0) is 19.2. The van der Waals surface area contributed by atoms with Crippen molar-refractivity contribution in [3.05, 3.63) is 23.4 Å². The number of rotatable bonds is 7. The Morgan fingerprint density at radius 2 is 2.00 bits per heavy atom. The van der Waals surface area contributed by atoms with E-state index in [2.05, 4.69) is 6.07 Å². The first kappa shape index (κ1) is 20.6. The lowest BCUT2D eigenvalue weighted by Crippen LogP contribution is -2.40. The SMILES string of the molecule is CC(C)(C)OC(=O)N1CCCc2ccc(CCCCC(CO)CO)nc21. The first-order chi connectivity index (χ1) is 12.3. The summed E-state index contributed by atoms with van der Waals surface area (Å²) in [4.78, 5) is 18.9. The fraction of sp³-hybridized carbons (Fsp3) is 0.700. The van der Waals surface area contributed by atoms with E-state index in [4.69, 9.17) is 19.9 Å². The average molecular weight is 364 g/mol. The number of ether oxygens (including phenoxy) is 1. The Morgan fingerprint density at radius 1 is 1.27 bits per heavy atom. The fourth-order valence-corrected chi connectivity index (χ4v) is 3.09. The molecule has 2 rings (SSSR count). The Kier molecular flexibility index (Phi) is 7.41. The highest BCUT2D eigenvalue weighted by molar-refractivity contribution is 5.88. The van der Waals surface area contributed by atoms with E-state index in [-0.39, 0.29) is 25.2 Å². The summed E-state index contributed by atoms with van der Waals surface area (Å²) in [5, 5.41) is 18.2. The Morgan fingerprint density at radius 3 is 2.65 bits per heavy atom. The number of unbranched alkanes of at least 4 members (excludes halogenated alkanes) is 1. The number of aromatic nitrogens is 1. The highest BCUT2D eigenvalue weighted by Gasteiger charge is 2.28. The molecule has 1 aromatic heterocycles. The third-order valence-electron chi connectivity index (χ3n) is 4.52. The molecule has 6 heteroatoms. The zero-order valence-electron chi connectivity index (χ0n) is 16.2. The molecule has 0 aliphatic carbocycles. The van der Waals surface area contributed by atoms with Gasteiger partial charge in [-0.1, -0.05) is 12.5 Å². The van der Waals surface area contributed by atoms with Crippen LogP contribution in [-0.4, -0.2) is 46.6 Å². The van der Waals surface area contributed by atoms with E-state index < -0.39 is 5.60 Å². The van der Waals surface area contributed by atoms with Crippen molar-refractivity contribution in [1.29, 1.82) is 0 Å². The summed E-state index contributed by atoms with van der Waals surface area (Å²) in [6.45, 7) is 6.28. The number of pyridine rings is 1. The van der Waals surface area contributed by atoms with Gasteiger partial charge in [-0.2, -0.15) is 0 Å². The van der Waals surface area contributed by atoms with Crippen LogP contribution in [0.3, 0.4) is 0 Å². The van der Waals surface area contributed by atoms with Gasteiger partial charge in [0.2, 0.25) is 0 Å². The summed E-state index contributed by atoms with van der Waals surface area (Å²) in [7, 11) is 0. The highest BCUT2D eigenvalue weighted by atomic mass is 16.6. The number of anilines is 1. The molecule has 0 atom stereocenters. The fourth-order valence-electron chi connectivity index (χ4n) is 3.09. The van der Waals surface area contributed by atoms with Gasteiger partial charge in [0.25, 0.3) is 0 Å². The number of carbonyl (C=O) groups is 1. The van der Waals surface area contributed by atoms with Gasteiger partial charge in [0.1, 0.15) is 11.4 Å². The first-order valence-electron chi connectivity index (χ1n) is 9.55. The molecule has 0 saturated carbocycles. The minimum atomic E-state index is -0.526. The number of aliphatic hydroxyl groups is 2. The van der Waals surface area contributed by atoms with Gasteiger partial charge in [-0.3, -0.25) is 4.90 Å². The molecule has 146 valence electrons. The number of hydrogen-bond donors (Lipinski definition) is 2. The van der Waals surface area contributed by atoms with Crippen molar-refractivity contribution in [3.8, 4) is 0 Å². The minimum Gasteiger partial charge on any atom is -0.443 e. The lowest BCUT2D eigenvalue weighted by Gasteiger charge is -2.31. The lowest BCUT2D eigenvalue weighted by atomic mass is 10.0. The number of aliphatic hydroxyl groups excluding tert-OH is 2. The normalized spacial score (nSPS) is 14.5. The van der Waals surface area contributed by atoms with E-state index in [1.165, 1.54) is 0 Å². The number of hydrogen-bond acceptors (Lipinski definition) is 5. The summed E-state index contributed by atoms with van der Waals surface area (Å²) < 4.78 is 5.52. The van der Waals surface area contributed by atoms with Crippen molar-refractivity contribution in [2.75, 3.05) is 24.7 Å². The van der Waals surface area contributed by atoms with Gasteiger partial charge in [0, 0.05) is 31.4 Å². The second kappa shape index (κ2) is 9.33. The molecule has 0 unspecified atom stereocenters. The molecular formula is C20H32N2O4. The molecule has 0 bridgehead atoms. The molecular weight excluding hydrogens is 332 g/mol. The zero-order valence-corrected chi connectivity index (χ0v) is 16.2. The molecule has 1 aromatic rings. The van der Waals surface area contributed by atoms with E-state index in [0.29, 0.717) is 6.54 Å². The molecule has 2 heterocycles. The van der Waals surface area contributed by atoms with Crippen LogP contribution in [0.15, 0.2) is 12.1 Å². The summed E-state index contributed by atoms with van der Waals surface area (Å²) in [5.41, 5.74) is 1.53. The third-order valence-corrected chi connectivity index (χ3v) is 4.52. The van der Waals surface area contributed by atoms with Crippen LogP contribution >= 0.6 is 0 Å². The van der Waals surface area contributed by atoms with Gasteiger partial charge < -0.3 is 14.9 Å². The van der Waals surface area contributed by atoms with E-state index in [1.54, 1.807) is 4.90 Å². The predicted octanol–water partition coefficient (Wildman–Crippen LogP) is 3.08. The number of nitrogens with zero attached hydrogens (tertiary/aromatic N) is 2. The summed E-state index contributed by atoms with van der Waals surface area (Å²) in [6, 6.07) is 4.10. The van der Waals surface area contributed by atoms with Crippen molar-refractivity contribution < 1.29 is 19.7 Å². The van der Waals surface area contributed by atoms with E-state index >= 15 is 0 Å². The minimum absolute atomic E-state index is 0.0262. The second-order valence-corrected chi connectivity index (χ2v) is 8.00. The second-order valence-electron chi connectivity index (χ2n) is 8.00. The third kappa shape index (κ3) is 5.95. The topological polar surface area (TPSA) is 82.9 Å². The van der Waals surface area contributed by atoms with Crippen LogP contribution in [-0.2, 0) is 17.6 Å². The van der Waals surface area contributed by atoms with Crippen LogP contribution in [0.4, 0.5) is 10.6 Å². The van der Waals surface area contributed by atoms with Gasteiger partial charge in [-0.05, 0) is 64.5 Å². The molecule has 6 nitrogen and oxygen atoms in total. The lowest BCUT2D eigenvalue weighted by molar-refractivity contribution is 0.0576. The van der Waals surface area contributed by atoms with Gasteiger partial charge >= 0.3 is 6.09 Å². The Bertz CT molecular complexity index is 594. The summed E-state index contributed by atoms with van der Waals surface area (Å²) in [5.74, 6) is 0.695. The van der Waals surface area contributed by atoms with Crippen LogP contribution in [0.25, 0.3) is 0 Å². The number of carbonyl (C=O) groups excluding carboxylic acids is 1. The maximum absolute atomic E-state index is 12.5. The number of fused-ring (bicyclic) bond motifs is 1. The number of amides is 1. The molecule has 0 aromatic carbocycles. The van der Waals surface area contributed by atoms with E-state index in [0.717, 1.165) is 55.6 Å². The molecule has 26 heavy (non-hydrogen) atoms. The Hall–Kier alpha value is -1.66. The van der Waals surface area contributed by atoms with Crippen LogP contribution in [0.2, 0.25) is 0 Å². The van der Waals surface area contributed by atoms with Crippen LogP contribution in [0, 0.1) is 5.92 Å². The Labute approximate surface area is 156 Å². The molecule has 1 aliphatic rings. The molecule has 1 aliphatic heterocycles. The van der Waals surface area contributed by atoms with Crippen LogP contribution in [0.5, 0.6) is 0 Å². The Balaban J connectivity index is 2.00. The maximum atomic E-state index is 12.5. The first-order valence-corrected chi connectivity index (χ1v) is 9.55.